The van der Waals surface area contributed by atoms with E-state index in [-0.39, 0.29) is 5.91 Å². The summed E-state index contributed by atoms with van der Waals surface area (Å²) in [6.07, 6.45) is 4.88. The molecule has 1 atom stereocenters. The van der Waals surface area contributed by atoms with Gasteiger partial charge in [-0.15, -0.1) is 0 Å². The lowest BCUT2D eigenvalue weighted by atomic mass is 10.00. The van der Waals surface area contributed by atoms with Crippen LogP contribution >= 0.6 is 0 Å². The Morgan fingerprint density at radius 3 is 2.81 bits per heavy atom. The van der Waals surface area contributed by atoms with Crippen LogP contribution in [0.5, 0.6) is 0 Å². The van der Waals surface area contributed by atoms with E-state index < -0.39 is 0 Å². The molecule has 3 heteroatoms. The zero-order chi connectivity index (χ0) is 15.2. The highest BCUT2D eigenvalue weighted by atomic mass is 16.2. The van der Waals surface area contributed by atoms with Crippen LogP contribution in [0.3, 0.4) is 0 Å². The van der Waals surface area contributed by atoms with Gasteiger partial charge >= 0.3 is 0 Å². The van der Waals surface area contributed by atoms with E-state index in [1.165, 1.54) is 24.8 Å². The van der Waals surface area contributed by atoms with Gasteiger partial charge < -0.3 is 5.32 Å². The fraction of sp³-hybridized carbons (Fsp3) is 0.611. The average Bonchev–Trinajstić information content (AvgIpc) is 2.48. The Bertz CT molecular complexity index is 470. The number of hydrogen-bond acceptors (Lipinski definition) is 2. The standard InChI is InChI=1S/C18H28N2O/c1-4-15-9-7-8-12-20(15)13-18(21)19-17-11-6-5-10-16(17)14(2)3/h5-6,10-11,14-15H,4,7-9,12-13H2,1-3H3,(H,19,21). The Labute approximate surface area is 128 Å². The van der Waals surface area contributed by atoms with E-state index in [1.807, 2.05) is 18.2 Å². The highest BCUT2D eigenvalue weighted by molar-refractivity contribution is 5.93. The van der Waals surface area contributed by atoms with Crippen LogP contribution in [-0.2, 0) is 4.79 Å². The van der Waals surface area contributed by atoms with Crippen LogP contribution < -0.4 is 5.32 Å². The molecule has 1 saturated heterocycles. The monoisotopic (exact) mass is 288 g/mol. The number of para-hydroxylation sites is 1. The van der Waals surface area contributed by atoms with Crippen molar-refractivity contribution in [2.45, 2.75) is 58.4 Å². The summed E-state index contributed by atoms with van der Waals surface area (Å²) < 4.78 is 0. The van der Waals surface area contributed by atoms with Gasteiger partial charge in [0.05, 0.1) is 6.54 Å². The van der Waals surface area contributed by atoms with E-state index in [1.54, 1.807) is 0 Å². The van der Waals surface area contributed by atoms with E-state index in [0.717, 1.165) is 18.7 Å². The first kappa shape index (κ1) is 16.0. The second kappa shape index (κ2) is 7.60. The number of piperidine rings is 1. The number of likely N-dealkylation sites (tertiary alicyclic amines) is 1. The first-order valence-electron chi connectivity index (χ1n) is 8.24. The highest BCUT2D eigenvalue weighted by Crippen LogP contribution is 2.24. The van der Waals surface area contributed by atoms with Crippen molar-refractivity contribution in [3.8, 4) is 0 Å². The maximum absolute atomic E-state index is 12.4. The molecule has 116 valence electrons. The number of amides is 1. The quantitative estimate of drug-likeness (QED) is 0.887. The molecular weight excluding hydrogens is 260 g/mol. The Kier molecular flexibility index (Phi) is 5.80. The van der Waals surface area contributed by atoms with Crippen molar-refractivity contribution < 1.29 is 4.79 Å². The third-order valence-electron chi connectivity index (χ3n) is 4.42. The van der Waals surface area contributed by atoms with Gasteiger partial charge in [0.2, 0.25) is 5.91 Å². The average molecular weight is 288 g/mol. The van der Waals surface area contributed by atoms with Gasteiger partial charge in [-0.1, -0.05) is 45.4 Å². The van der Waals surface area contributed by atoms with Crippen LogP contribution in [0.1, 0.15) is 57.9 Å². The second-order valence-electron chi connectivity index (χ2n) is 6.32. The van der Waals surface area contributed by atoms with Crippen LogP contribution in [0.25, 0.3) is 0 Å². The molecule has 1 aromatic carbocycles. The summed E-state index contributed by atoms with van der Waals surface area (Å²) in [6, 6.07) is 8.68. The summed E-state index contributed by atoms with van der Waals surface area (Å²) in [5.74, 6) is 0.531. The van der Waals surface area contributed by atoms with Crippen molar-refractivity contribution in [2.75, 3.05) is 18.4 Å². The number of benzene rings is 1. The molecule has 0 bridgehead atoms. The van der Waals surface area contributed by atoms with Gasteiger partial charge in [0.15, 0.2) is 0 Å². The van der Waals surface area contributed by atoms with Crippen molar-refractivity contribution in [3.05, 3.63) is 29.8 Å². The van der Waals surface area contributed by atoms with Crippen molar-refractivity contribution in [1.82, 2.24) is 4.90 Å². The smallest absolute Gasteiger partial charge is 0.238 e. The number of hydrogen-bond donors (Lipinski definition) is 1. The van der Waals surface area contributed by atoms with Gasteiger partial charge in [-0.25, -0.2) is 0 Å². The normalized spacial score (nSPS) is 19.7. The molecule has 1 fully saturated rings. The van der Waals surface area contributed by atoms with Gasteiger partial charge in [-0.2, -0.15) is 0 Å². The minimum Gasteiger partial charge on any atom is -0.325 e. The maximum atomic E-state index is 12.4. The van der Waals surface area contributed by atoms with Crippen LogP contribution in [0.4, 0.5) is 5.69 Å². The molecule has 1 aliphatic rings. The van der Waals surface area contributed by atoms with Crippen LogP contribution in [0, 0.1) is 0 Å². The lowest BCUT2D eigenvalue weighted by Crippen LogP contribution is -2.43. The third kappa shape index (κ3) is 4.31. The summed E-state index contributed by atoms with van der Waals surface area (Å²) in [5.41, 5.74) is 2.17. The molecule has 1 aliphatic heterocycles. The van der Waals surface area contributed by atoms with Gasteiger partial charge in [0.25, 0.3) is 0 Å². The molecule has 0 saturated carbocycles. The second-order valence-corrected chi connectivity index (χ2v) is 6.32. The molecule has 2 rings (SSSR count). The van der Waals surface area contributed by atoms with E-state index in [4.69, 9.17) is 0 Å². The molecule has 0 aliphatic carbocycles. The van der Waals surface area contributed by atoms with Gasteiger partial charge in [0.1, 0.15) is 0 Å². The van der Waals surface area contributed by atoms with Gasteiger partial charge in [-0.05, 0) is 43.4 Å². The van der Waals surface area contributed by atoms with E-state index in [0.29, 0.717) is 18.5 Å². The predicted molar refractivity (Wildman–Crippen MR) is 88.7 cm³/mol. The molecular formula is C18H28N2O. The number of nitrogens with zero attached hydrogens (tertiary/aromatic N) is 1. The highest BCUT2D eigenvalue weighted by Gasteiger charge is 2.23. The summed E-state index contributed by atoms with van der Waals surface area (Å²) in [5, 5.41) is 3.10. The van der Waals surface area contributed by atoms with Gasteiger partial charge in [0, 0.05) is 11.7 Å². The zero-order valence-corrected chi connectivity index (χ0v) is 13.6. The van der Waals surface area contributed by atoms with E-state index >= 15 is 0 Å². The topological polar surface area (TPSA) is 32.3 Å². The Morgan fingerprint density at radius 2 is 2.10 bits per heavy atom. The summed E-state index contributed by atoms with van der Waals surface area (Å²) in [6.45, 7) is 8.10. The van der Waals surface area contributed by atoms with Crippen LogP contribution in [0.15, 0.2) is 24.3 Å². The molecule has 1 heterocycles. The summed E-state index contributed by atoms with van der Waals surface area (Å²) >= 11 is 0. The predicted octanol–water partition coefficient (Wildman–Crippen LogP) is 4.01. The SMILES string of the molecule is CCC1CCCCN1CC(=O)Nc1ccccc1C(C)C. The zero-order valence-electron chi connectivity index (χ0n) is 13.6. The van der Waals surface area contributed by atoms with Crippen molar-refractivity contribution >= 4 is 11.6 Å². The van der Waals surface area contributed by atoms with E-state index in [9.17, 15) is 4.79 Å². The van der Waals surface area contributed by atoms with E-state index in [2.05, 4.69) is 37.1 Å². The van der Waals surface area contributed by atoms with Crippen LogP contribution in [0.2, 0.25) is 0 Å². The number of nitrogens with one attached hydrogen (secondary N) is 1. The molecule has 0 aromatic heterocycles. The minimum absolute atomic E-state index is 0.114. The van der Waals surface area contributed by atoms with Gasteiger partial charge in [-0.3, -0.25) is 9.69 Å². The lowest BCUT2D eigenvalue weighted by molar-refractivity contribution is -0.118. The molecule has 0 spiro atoms. The number of carbonyl (C=O) groups is 1. The molecule has 1 aromatic rings. The fourth-order valence-corrected chi connectivity index (χ4v) is 3.22. The Morgan fingerprint density at radius 1 is 1.33 bits per heavy atom. The molecule has 0 radical (unpaired) electrons. The van der Waals surface area contributed by atoms with Crippen molar-refractivity contribution in [1.29, 1.82) is 0 Å². The van der Waals surface area contributed by atoms with Crippen LogP contribution in [-0.4, -0.2) is 29.9 Å². The molecule has 1 amide bonds. The van der Waals surface area contributed by atoms with Crippen molar-refractivity contribution in [2.24, 2.45) is 0 Å². The first-order valence-corrected chi connectivity index (χ1v) is 8.24. The lowest BCUT2D eigenvalue weighted by Gasteiger charge is -2.34. The molecule has 1 unspecified atom stereocenters. The largest absolute Gasteiger partial charge is 0.325 e. The third-order valence-corrected chi connectivity index (χ3v) is 4.42. The molecule has 21 heavy (non-hydrogen) atoms. The number of carbonyl (C=O) groups excluding carboxylic acids is 1. The Hall–Kier alpha value is -1.35. The fourth-order valence-electron chi connectivity index (χ4n) is 3.22. The maximum Gasteiger partial charge on any atom is 0.238 e. The summed E-state index contributed by atoms with van der Waals surface area (Å²) in [7, 11) is 0. The molecule has 3 nitrogen and oxygen atoms in total. The number of anilines is 1. The Balaban J connectivity index is 1.98. The summed E-state index contributed by atoms with van der Waals surface area (Å²) in [4.78, 5) is 14.7. The molecule has 1 N–H and O–H groups in total. The first-order chi connectivity index (χ1) is 10.1. The van der Waals surface area contributed by atoms with Crippen molar-refractivity contribution in [3.63, 3.8) is 0 Å². The minimum atomic E-state index is 0.114. The number of rotatable bonds is 5.